The van der Waals surface area contributed by atoms with Crippen LogP contribution in [0.3, 0.4) is 0 Å². The monoisotopic (exact) mass is 262 g/mol. The molecule has 0 fully saturated rings. The van der Waals surface area contributed by atoms with Crippen LogP contribution in [0.5, 0.6) is 0 Å². The van der Waals surface area contributed by atoms with E-state index in [0.717, 1.165) is 42.1 Å². The molecule has 0 unspecified atom stereocenters. The van der Waals surface area contributed by atoms with E-state index in [9.17, 15) is 0 Å². The SMILES string of the molecule is c1ccc2c(-c3ncc4c(n3)CCNC4)nccc2c1. The second-order valence-electron chi connectivity index (χ2n) is 4.97. The first-order chi connectivity index (χ1) is 9.92. The first kappa shape index (κ1) is 11.5. The lowest BCUT2D eigenvalue weighted by molar-refractivity contribution is 0.626. The highest BCUT2D eigenvalue weighted by molar-refractivity contribution is 5.92. The average molecular weight is 262 g/mol. The lowest BCUT2D eigenvalue weighted by atomic mass is 10.1. The summed E-state index contributed by atoms with van der Waals surface area (Å²) in [6.45, 7) is 1.84. The Morgan fingerprint density at radius 1 is 1.05 bits per heavy atom. The van der Waals surface area contributed by atoms with Gasteiger partial charge in [0, 0.05) is 42.9 Å². The molecule has 1 aliphatic heterocycles. The van der Waals surface area contributed by atoms with Crippen molar-refractivity contribution in [3.63, 3.8) is 0 Å². The van der Waals surface area contributed by atoms with Crippen LogP contribution in [0, 0.1) is 0 Å². The predicted octanol–water partition coefficient (Wildman–Crippen LogP) is 2.34. The maximum Gasteiger partial charge on any atom is 0.179 e. The number of aromatic nitrogens is 3. The molecule has 0 amide bonds. The van der Waals surface area contributed by atoms with Crippen LogP contribution in [-0.4, -0.2) is 21.5 Å². The molecule has 4 nitrogen and oxygen atoms in total. The number of pyridine rings is 1. The minimum absolute atomic E-state index is 0.724. The van der Waals surface area contributed by atoms with Gasteiger partial charge in [0.25, 0.3) is 0 Å². The van der Waals surface area contributed by atoms with E-state index >= 15 is 0 Å². The maximum absolute atomic E-state index is 4.72. The summed E-state index contributed by atoms with van der Waals surface area (Å²) in [4.78, 5) is 13.7. The Kier molecular flexibility index (Phi) is 2.67. The largest absolute Gasteiger partial charge is 0.312 e. The first-order valence-electron chi connectivity index (χ1n) is 6.81. The third-order valence-electron chi connectivity index (χ3n) is 3.69. The van der Waals surface area contributed by atoms with Crippen LogP contribution in [0.25, 0.3) is 22.3 Å². The first-order valence-corrected chi connectivity index (χ1v) is 6.81. The zero-order valence-electron chi connectivity index (χ0n) is 11.0. The van der Waals surface area contributed by atoms with Gasteiger partial charge in [-0.3, -0.25) is 4.98 Å². The Morgan fingerprint density at radius 3 is 3.00 bits per heavy atom. The number of rotatable bonds is 1. The van der Waals surface area contributed by atoms with Gasteiger partial charge in [-0.25, -0.2) is 9.97 Å². The van der Waals surface area contributed by atoms with Gasteiger partial charge in [0.15, 0.2) is 5.82 Å². The Bertz CT molecular complexity index is 777. The van der Waals surface area contributed by atoms with Gasteiger partial charge in [-0.05, 0) is 11.5 Å². The minimum Gasteiger partial charge on any atom is -0.312 e. The van der Waals surface area contributed by atoms with Crippen molar-refractivity contribution >= 4 is 10.8 Å². The van der Waals surface area contributed by atoms with Gasteiger partial charge < -0.3 is 5.32 Å². The van der Waals surface area contributed by atoms with Crippen molar-refractivity contribution in [2.75, 3.05) is 6.54 Å². The Hall–Kier alpha value is -2.33. The minimum atomic E-state index is 0.724. The fraction of sp³-hybridized carbons (Fsp3) is 0.188. The van der Waals surface area contributed by atoms with Crippen LogP contribution >= 0.6 is 0 Å². The van der Waals surface area contributed by atoms with Gasteiger partial charge in [0.05, 0.1) is 5.69 Å². The summed E-state index contributed by atoms with van der Waals surface area (Å²) in [6.07, 6.45) is 4.70. The van der Waals surface area contributed by atoms with Gasteiger partial charge >= 0.3 is 0 Å². The molecule has 3 aromatic rings. The van der Waals surface area contributed by atoms with E-state index in [2.05, 4.69) is 27.4 Å². The van der Waals surface area contributed by atoms with Crippen molar-refractivity contribution in [1.82, 2.24) is 20.3 Å². The van der Waals surface area contributed by atoms with Crippen LogP contribution in [0.1, 0.15) is 11.3 Å². The van der Waals surface area contributed by atoms with E-state index in [1.807, 2.05) is 30.6 Å². The number of hydrogen-bond donors (Lipinski definition) is 1. The van der Waals surface area contributed by atoms with E-state index in [4.69, 9.17) is 4.98 Å². The van der Waals surface area contributed by atoms with Gasteiger partial charge in [-0.1, -0.05) is 24.3 Å². The Morgan fingerprint density at radius 2 is 2.00 bits per heavy atom. The van der Waals surface area contributed by atoms with E-state index in [1.54, 1.807) is 0 Å². The summed E-state index contributed by atoms with van der Waals surface area (Å²) in [5.74, 6) is 0.724. The Labute approximate surface area is 116 Å². The molecule has 1 aromatic carbocycles. The summed E-state index contributed by atoms with van der Waals surface area (Å²) >= 11 is 0. The highest BCUT2D eigenvalue weighted by Crippen LogP contribution is 2.24. The van der Waals surface area contributed by atoms with Crippen LogP contribution in [0.4, 0.5) is 0 Å². The lowest BCUT2D eigenvalue weighted by Gasteiger charge is -2.16. The van der Waals surface area contributed by atoms with E-state index in [1.165, 1.54) is 10.9 Å². The highest BCUT2D eigenvalue weighted by Gasteiger charge is 2.14. The molecule has 2 aromatic heterocycles. The number of hydrogen-bond acceptors (Lipinski definition) is 4. The molecule has 4 rings (SSSR count). The standard InChI is InChI=1S/C16H14N4/c1-2-4-13-11(3-1)5-8-18-15(13)16-19-10-12-9-17-7-6-14(12)20-16/h1-5,8,10,17H,6-7,9H2. The average Bonchev–Trinajstić information content (AvgIpc) is 2.54. The molecule has 0 saturated heterocycles. The maximum atomic E-state index is 4.72. The molecule has 1 aliphatic rings. The van der Waals surface area contributed by atoms with Gasteiger partial charge in [0.2, 0.25) is 0 Å². The van der Waals surface area contributed by atoms with E-state index < -0.39 is 0 Å². The summed E-state index contributed by atoms with van der Waals surface area (Å²) < 4.78 is 0. The van der Waals surface area contributed by atoms with E-state index in [-0.39, 0.29) is 0 Å². The highest BCUT2D eigenvalue weighted by atomic mass is 15.0. The van der Waals surface area contributed by atoms with Crippen LogP contribution < -0.4 is 5.32 Å². The van der Waals surface area contributed by atoms with Crippen molar-refractivity contribution in [2.24, 2.45) is 0 Å². The molecule has 1 N–H and O–H groups in total. The Balaban J connectivity index is 1.91. The predicted molar refractivity (Wildman–Crippen MR) is 78.2 cm³/mol. The van der Waals surface area contributed by atoms with Crippen LogP contribution in [0.15, 0.2) is 42.7 Å². The van der Waals surface area contributed by atoms with Gasteiger partial charge in [0.1, 0.15) is 5.69 Å². The second kappa shape index (κ2) is 4.65. The topological polar surface area (TPSA) is 50.7 Å². The second-order valence-corrected chi connectivity index (χ2v) is 4.97. The fourth-order valence-electron chi connectivity index (χ4n) is 2.65. The lowest BCUT2D eigenvalue weighted by Crippen LogP contribution is -2.25. The van der Waals surface area contributed by atoms with Crippen LogP contribution in [-0.2, 0) is 13.0 Å². The van der Waals surface area contributed by atoms with Gasteiger partial charge in [-0.2, -0.15) is 0 Å². The van der Waals surface area contributed by atoms with Crippen molar-refractivity contribution in [3.8, 4) is 11.5 Å². The van der Waals surface area contributed by atoms with E-state index in [0.29, 0.717) is 0 Å². The zero-order chi connectivity index (χ0) is 13.4. The summed E-state index contributed by atoms with van der Waals surface area (Å²) in [5.41, 5.74) is 3.20. The number of fused-ring (bicyclic) bond motifs is 2. The molecular formula is C16H14N4. The molecule has 0 spiro atoms. The van der Waals surface area contributed by atoms with Crippen molar-refractivity contribution in [3.05, 3.63) is 54.0 Å². The molecule has 3 heterocycles. The molecular weight excluding hydrogens is 248 g/mol. The summed E-state index contributed by atoms with van der Waals surface area (Å²) in [7, 11) is 0. The molecule has 0 aliphatic carbocycles. The summed E-state index contributed by atoms with van der Waals surface area (Å²) in [6, 6.07) is 10.2. The molecule has 98 valence electrons. The zero-order valence-corrected chi connectivity index (χ0v) is 11.0. The van der Waals surface area contributed by atoms with Crippen molar-refractivity contribution in [2.45, 2.75) is 13.0 Å². The number of nitrogens with one attached hydrogen (secondary N) is 1. The van der Waals surface area contributed by atoms with Crippen molar-refractivity contribution < 1.29 is 0 Å². The van der Waals surface area contributed by atoms with Crippen LogP contribution in [0.2, 0.25) is 0 Å². The van der Waals surface area contributed by atoms with Crippen molar-refractivity contribution in [1.29, 1.82) is 0 Å². The van der Waals surface area contributed by atoms with Gasteiger partial charge in [-0.15, -0.1) is 0 Å². The smallest absolute Gasteiger partial charge is 0.179 e. The summed E-state index contributed by atoms with van der Waals surface area (Å²) in [5, 5.41) is 5.60. The number of benzene rings is 1. The molecule has 0 radical (unpaired) electrons. The molecule has 0 atom stereocenters. The quantitative estimate of drug-likeness (QED) is 0.731. The molecule has 4 heteroatoms. The third-order valence-corrected chi connectivity index (χ3v) is 3.69. The number of nitrogens with zero attached hydrogens (tertiary/aromatic N) is 3. The third kappa shape index (κ3) is 1.85. The molecule has 0 bridgehead atoms. The molecule has 20 heavy (non-hydrogen) atoms. The fourth-order valence-corrected chi connectivity index (χ4v) is 2.65. The normalized spacial score (nSPS) is 14.2. The molecule has 0 saturated carbocycles.